The summed E-state index contributed by atoms with van der Waals surface area (Å²) in [6.07, 6.45) is 4.60. The van der Waals surface area contributed by atoms with Crippen LogP contribution in [0.25, 0.3) is 6.08 Å². The number of hydrogen-bond acceptors (Lipinski definition) is 5. The van der Waals surface area contributed by atoms with Crippen LogP contribution in [0.4, 0.5) is 5.69 Å². The zero-order chi connectivity index (χ0) is 18.7. The Labute approximate surface area is 157 Å². The van der Waals surface area contributed by atoms with Crippen LogP contribution in [0.1, 0.15) is 24.3 Å². The number of esters is 1. The Morgan fingerprint density at radius 1 is 1.19 bits per heavy atom. The van der Waals surface area contributed by atoms with E-state index in [0.717, 1.165) is 16.3 Å². The van der Waals surface area contributed by atoms with Gasteiger partial charge < -0.3 is 9.64 Å². The zero-order valence-electron chi connectivity index (χ0n) is 15.1. The third kappa shape index (κ3) is 3.63. The third-order valence-electron chi connectivity index (χ3n) is 4.52. The number of anilines is 1. The highest BCUT2D eigenvalue weighted by atomic mass is 32.1. The van der Waals surface area contributed by atoms with Crippen molar-refractivity contribution in [3.05, 3.63) is 70.1 Å². The number of allylic oxidation sites excluding steroid dienone is 1. The lowest BCUT2D eigenvalue weighted by Crippen LogP contribution is -2.25. The van der Waals surface area contributed by atoms with Crippen LogP contribution in [0.2, 0.25) is 0 Å². The maximum absolute atomic E-state index is 12.3. The maximum Gasteiger partial charge on any atom is 0.331 e. The fourth-order valence-electron chi connectivity index (χ4n) is 3.18. The maximum atomic E-state index is 12.3. The average molecular weight is 367 g/mol. The highest BCUT2D eigenvalue weighted by molar-refractivity contribution is 7.10. The quantitative estimate of drug-likeness (QED) is 0.587. The smallest absolute Gasteiger partial charge is 0.331 e. The van der Waals surface area contributed by atoms with Crippen molar-refractivity contribution in [3.63, 3.8) is 0 Å². The Bertz CT molecular complexity index is 878. The molecule has 0 unspecified atom stereocenters. The van der Waals surface area contributed by atoms with Gasteiger partial charge >= 0.3 is 5.97 Å². The highest BCUT2D eigenvalue weighted by Crippen LogP contribution is 2.46. The normalized spacial score (nSPS) is 16.9. The molecule has 0 aliphatic carbocycles. The standard InChI is InChI=1S/C21H21NO3S/c1-21(2)17-8-4-5-9-18(17)22(3)19(21)13-15(23)14-25-20(24)11-10-16-7-6-12-26-16/h4-13H,14H2,1-3H3. The number of fused-ring (bicyclic) bond motifs is 1. The summed E-state index contributed by atoms with van der Waals surface area (Å²) in [5, 5.41) is 1.93. The highest BCUT2D eigenvalue weighted by Gasteiger charge is 2.38. The second-order valence-electron chi connectivity index (χ2n) is 6.65. The van der Waals surface area contributed by atoms with Crippen LogP contribution in [-0.4, -0.2) is 25.4 Å². The van der Waals surface area contributed by atoms with Crippen LogP contribution in [0, 0.1) is 0 Å². The molecule has 0 saturated heterocycles. The van der Waals surface area contributed by atoms with Crippen molar-refractivity contribution >= 4 is 34.9 Å². The molecule has 3 rings (SSSR count). The van der Waals surface area contributed by atoms with Crippen LogP contribution in [0.5, 0.6) is 0 Å². The molecule has 1 aromatic heterocycles. The first-order valence-electron chi connectivity index (χ1n) is 8.36. The van der Waals surface area contributed by atoms with E-state index in [9.17, 15) is 9.59 Å². The third-order valence-corrected chi connectivity index (χ3v) is 5.36. The predicted octanol–water partition coefficient (Wildman–Crippen LogP) is 4.19. The molecule has 0 atom stereocenters. The molecular formula is C21H21NO3S. The van der Waals surface area contributed by atoms with E-state index >= 15 is 0 Å². The van der Waals surface area contributed by atoms with E-state index in [1.165, 1.54) is 23.0 Å². The summed E-state index contributed by atoms with van der Waals surface area (Å²) < 4.78 is 5.06. The number of ketones is 1. The lowest BCUT2D eigenvalue weighted by Gasteiger charge is -2.23. The molecule has 0 fully saturated rings. The van der Waals surface area contributed by atoms with Crippen LogP contribution in [0.15, 0.2) is 59.6 Å². The number of carbonyl (C=O) groups excluding carboxylic acids is 2. The molecule has 0 N–H and O–H groups in total. The number of thiophene rings is 1. The van der Waals surface area contributed by atoms with Gasteiger partial charge in [0, 0.05) is 40.9 Å². The fraction of sp³-hybridized carbons (Fsp3) is 0.238. The molecule has 2 heterocycles. The minimum atomic E-state index is -0.521. The number of nitrogens with zero attached hydrogens (tertiary/aromatic N) is 1. The summed E-state index contributed by atoms with van der Waals surface area (Å²) in [4.78, 5) is 27.1. The molecule has 0 amide bonds. The van der Waals surface area contributed by atoms with Gasteiger partial charge in [-0.2, -0.15) is 0 Å². The van der Waals surface area contributed by atoms with Gasteiger partial charge in [-0.1, -0.05) is 38.1 Å². The minimum Gasteiger partial charge on any atom is -0.454 e. The van der Waals surface area contributed by atoms with Crippen molar-refractivity contribution < 1.29 is 14.3 Å². The molecule has 5 heteroatoms. The fourth-order valence-corrected chi connectivity index (χ4v) is 3.80. The van der Waals surface area contributed by atoms with Crippen LogP contribution >= 0.6 is 11.3 Å². The Kier molecular flexibility index (Phi) is 5.09. The van der Waals surface area contributed by atoms with Gasteiger partial charge in [-0.25, -0.2) is 4.79 Å². The molecule has 0 saturated carbocycles. The number of carbonyl (C=O) groups is 2. The van der Waals surface area contributed by atoms with Gasteiger partial charge in [-0.05, 0) is 29.2 Å². The van der Waals surface area contributed by atoms with Crippen molar-refractivity contribution in [2.24, 2.45) is 0 Å². The molecule has 1 aliphatic rings. The van der Waals surface area contributed by atoms with E-state index in [-0.39, 0.29) is 17.8 Å². The number of likely N-dealkylation sites (N-methyl/N-ethyl adjacent to an activating group) is 1. The van der Waals surface area contributed by atoms with Crippen LogP contribution in [0.3, 0.4) is 0 Å². The topological polar surface area (TPSA) is 46.6 Å². The second-order valence-corrected chi connectivity index (χ2v) is 7.63. The van der Waals surface area contributed by atoms with E-state index in [2.05, 4.69) is 19.9 Å². The van der Waals surface area contributed by atoms with Gasteiger partial charge in [0.2, 0.25) is 0 Å². The summed E-state index contributed by atoms with van der Waals surface area (Å²) in [6, 6.07) is 11.9. The number of rotatable bonds is 5. The van der Waals surface area contributed by atoms with E-state index in [0.29, 0.717) is 0 Å². The molecular weight excluding hydrogens is 346 g/mol. The molecule has 1 aliphatic heterocycles. The Morgan fingerprint density at radius 3 is 2.65 bits per heavy atom. The molecule has 0 bridgehead atoms. The summed E-state index contributed by atoms with van der Waals surface area (Å²) in [6.45, 7) is 3.91. The van der Waals surface area contributed by atoms with Crippen LogP contribution < -0.4 is 4.90 Å². The number of ether oxygens (including phenoxy) is 1. The van der Waals surface area contributed by atoms with Gasteiger partial charge in [0.15, 0.2) is 12.4 Å². The molecule has 134 valence electrons. The van der Waals surface area contributed by atoms with E-state index < -0.39 is 5.97 Å². The molecule has 2 aromatic rings. The van der Waals surface area contributed by atoms with Gasteiger partial charge in [-0.3, -0.25) is 4.79 Å². The summed E-state index contributed by atoms with van der Waals surface area (Å²) in [7, 11) is 1.95. The predicted molar refractivity (Wildman–Crippen MR) is 105 cm³/mol. The lowest BCUT2D eigenvalue weighted by atomic mass is 9.83. The van der Waals surface area contributed by atoms with E-state index in [1.54, 1.807) is 12.2 Å². The summed E-state index contributed by atoms with van der Waals surface area (Å²) in [5.74, 6) is -0.752. The van der Waals surface area contributed by atoms with Crippen molar-refractivity contribution in [3.8, 4) is 0 Å². The summed E-state index contributed by atoms with van der Waals surface area (Å²) >= 11 is 1.53. The number of hydrogen-bond donors (Lipinski definition) is 0. The van der Waals surface area contributed by atoms with Crippen molar-refractivity contribution in [1.82, 2.24) is 0 Å². The number of benzene rings is 1. The Morgan fingerprint density at radius 2 is 1.96 bits per heavy atom. The molecule has 0 spiro atoms. The first-order valence-corrected chi connectivity index (χ1v) is 9.24. The van der Waals surface area contributed by atoms with Gasteiger partial charge in [0.1, 0.15) is 0 Å². The first-order chi connectivity index (χ1) is 12.4. The van der Waals surface area contributed by atoms with Gasteiger partial charge in [0.05, 0.1) is 0 Å². The monoisotopic (exact) mass is 367 g/mol. The minimum absolute atomic E-state index is 0.231. The average Bonchev–Trinajstić information content (AvgIpc) is 3.21. The Hall–Kier alpha value is -2.66. The second kappa shape index (κ2) is 7.30. The lowest BCUT2D eigenvalue weighted by molar-refractivity contribution is -0.141. The SMILES string of the molecule is CN1C(=CC(=O)COC(=O)C=Cc2cccs2)C(C)(C)c2ccccc21. The molecule has 1 aromatic carbocycles. The van der Waals surface area contributed by atoms with Crippen molar-refractivity contribution in [1.29, 1.82) is 0 Å². The zero-order valence-corrected chi connectivity index (χ0v) is 15.9. The van der Waals surface area contributed by atoms with E-state index in [1.807, 2.05) is 47.7 Å². The molecule has 26 heavy (non-hydrogen) atoms. The largest absolute Gasteiger partial charge is 0.454 e. The van der Waals surface area contributed by atoms with E-state index in [4.69, 9.17) is 4.74 Å². The Balaban J connectivity index is 1.65. The molecule has 4 nitrogen and oxygen atoms in total. The van der Waals surface area contributed by atoms with Crippen molar-refractivity contribution in [2.45, 2.75) is 19.3 Å². The van der Waals surface area contributed by atoms with Gasteiger partial charge in [-0.15, -0.1) is 11.3 Å². The van der Waals surface area contributed by atoms with Gasteiger partial charge in [0.25, 0.3) is 0 Å². The first kappa shape index (κ1) is 18.1. The van der Waals surface area contributed by atoms with Crippen LogP contribution in [-0.2, 0) is 19.7 Å². The van der Waals surface area contributed by atoms with Crippen molar-refractivity contribution in [2.75, 3.05) is 18.6 Å². The number of para-hydroxylation sites is 1. The summed E-state index contributed by atoms with van der Waals surface area (Å²) in [5.41, 5.74) is 2.89. The molecule has 0 radical (unpaired) electrons.